The highest BCUT2D eigenvalue weighted by molar-refractivity contribution is 7.09. The maximum atomic E-state index is 2.36. The minimum absolute atomic E-state index is 0.454. The molecule has 1 heterocycles. The minimum Gasteiger partial charge on any atom is -0.149 e. The number of aryl methyl sites for hydroxylation is 2. The molecule has 230 valence electrons. The number of hydrogen-bond acceptors (Lipinski definition) is 1. The lowest BCUT2D eigenvalue weighted by atomic mass is 9.80. The molecule has 1 aromatic carbocycles. The van der Waals surface area contributed by atoms with E-state index in [0.29, 0.717) is 21.7 Å². The van der Waals surface area contributed by atoms with Crippen LogP contribution in [0.25, 0.3) is 0 Å². The largest absolute Gasteiger partial charge is 0.149 e. The van der Waals surface area contributed by atoms with Crippen LogP contribution in [0.2, 0.25) is 0 Å². The Labute approximate surface area is 256 Å². The third kappa shape index (κ3) is 21.6. The van der Waals surface area contributed by atoms with Gasteiger partial charge in [0.05, 0.1) is 0 Å². The van der Waals surface area contributed by atoms with Crippen LogP contribution in [0.3, 0.4) is 0 Å². The van der Waals surface area contributed by atoms with Crippen LogP contribution in [-0.4, -0.2) is 0 Å². The summed E-state index contributed by atoms with van der Waals surface area (Å²) in [6.07, 6.45) is 15.3. The van der Waals surface area contributed by atoms with Crippen molar-refractivity contribution in [3.8, 4) is 0 Å². The first-order valence-corrected chi connectivity index (χ1v) is 17.3. The van der Waals surface area contributed by atoms with Gasteiger partial charge in [-0.05, 0) is 95.5 Å². The molecule has 1 aromatic heterocycles. The summed E-state index contributed by atoms with van der Waals surface area (Å²) >= 11 is 1.86. The van der Waals surface area contributed by atoms with Crippen LogP contribution in [-0.2, 0) is 12.8 Å². The van der Waals surface area contributed by atoms with Crippen LogP contribution in [0, 0.1) is 33.5 Å². The molecule has 2 aliphatic rings. The van der Waals surface area contributed by atoms with Gasteiger partial charge in [-0.15, -0.1) is 11.3 Å². The lowest BCUT2D eigenvalue weighted by Gasteiger charge is -2.26. The SMILES string of the molecule is CC(C)(C)C1CCCC1.CC(C)(C)CC1CC1.CC(C)(C)CCc1ccccc1.CC(C)(C)CCc1cccs1. The Morgan fingerprint density at radius 1 is 0.600 bits per heavy atom. The first-order chi connectivity index (χ1) is 18.3. The summed E-state index contributed by atoms with van der Waals surface area (Å²) in [5.74, 6) is 2.10. The second-order valence-electron chi connectivity index (χ2n) is 17.2. The van der Waals surface area contributed by atoms with Crippen LogP contribution in [0.15, 0.2) is 47.8 Å². The van der Waals surface area contributed by atoms with Crippen molar-refractivity contribution in [3.63, 3.8) is 0 Å². The standard InChI is InChI=1S/C12H18.C10H16S.C9H18.C8H16/c1-12(2,3)10-9-11-7-5-4-6-8-11;1-10(2,3)7-6-9-5-4-8-11-9;1-9(2,3)8-6-4-5-7-8;1-8(2,3)6-7-4-5-7/h4-8H,9-10H2,1-3H3;4-5,8H,6-7H2,1-3H3;8H,4-7H2,1-3H3;7H,4-6H2,1-3H3. The molecule has 0 radical (unpaired) electrons. The van der Waals surface area contributed by atoms with Crippen LogP contribution in [0.5, 0.6) is 0 Å². The summed E-state index contributed by atoms with van der Waals surface area (Å²) < 4.78 is 0. The van der Waals surface area contributed by atoms with Crippen molar-refractivity contribution < 1.29 is 0 Å². The van der Waals surface area contributed by atoms with Gasteiger partial charge >= 0.3 is 0 Å². The van der Waals surface area contributed by atoms with E-state index < -0.39 is 0 Å². The zero-order chi connectivity index (χ0) is 30.5. The normalized spacial score (nSPS) is 16.2. The summed E-state index contributed by atoms with van der Waals surface area (Å²) in [5.41, 5.74) is 3.55. The summed E-state index contributed by atoms with van der Waals surface area (Å²) in [6, 6.07) is 15.0. The van der Waals surface area contributed by atoms with Gasteiger partial charge in [0.1, 0.15) is 0 Å². The molecule has 0 saturated heterocycles. The highest BCUT2D eigenvalue weighted by Crippen LogP contribution is 2.40. The van der Waals surface area contributed by atoms with Crippen molar-refractivity contribution in [2.45, 2.75) is 154 Å². The third-order valence-corrected chi connectivity index (χ3v) is 8.82. The van der Waals surface area contributed by atoms with Crippen molar-refractivity contribution in [2.75, 3.05) is 0 Å². The van der Waals surface area contributed by atoms with Crippen molar-refractivity contribution in [2.24, 2.45) is 33.5 Å². The molecule has 0 N–H and O–H groups in total. The number of benzene rings is 1. The van der Waals surface area contributed by atoms with E-state index in [9.17, 15) is 0 Å². The van der Waals surface area contributed by atoms with E-state index in [2.05, 4.69) is 131 Å². The van der Waals surface area contributed by atoms with Gasteiger partial charge in [-0.3, -0.25) is 0 Å². The van der Waals surface area contributed by atoms with Gasteiger partial charge in [-0.2, -0.15) is 0 Å². The molecule has 0 nitrogen and oxygen atoms in total. The van der Waals surface area contributed by atoms with E-state index in [0.717, 1.165) is 11.8 Å². The molecule has 0 bridgehead atoms. The summed E-state index contributed by atoms with van der Waals surface area (Å²) in [6.45, 7) is 27.8. The van der Waals surface area contributed by atoms with Gasteiger partial charge < -0.3 is 0 Å². The van der Waals surface area contributed by atoms with Crippen LogP contribution >= 0.6 is 11.3 Å². The molecule has 4 rings (SSSR count). The molecule has 2 fully saturated rings. The molecule has 0 spiro atoms. The maximum Gasteiger partial charge on any atom is 0.00454 e. The van der Waals surface area contributed by atoms with E-state index in [-0.39, 0.29) is 0 Å². The quantitative estimate of drug-likeness (QED) is 0.336. The maximum absolute atomic E-state index is 2.36. The predicted molar refractivity (Wildman–Crippen MR) is 185 cm³/mol. The van der Waals surface area contributed by atoms with Crippen LogP contribution in [0.4, 0.5) is 0 Å². The fraction of sp³-hybridized carbons (Fsp3) is 0.744. The van der Waals surface area contributed by atoms with E-state index in [1.54, 1.807) is 0 Å². The van der Waals surface area contributed by atoms with Crippen molar-refractivity contribution in [1.82, 2.24) is 0 Å². The molecular formula is C39H68S. The van der Waals surface area contributed by atoms with E-state index in [1.165, 1.54) is 81.1 Å². The zero-order valence-electron chi connectivity index (χ0n) is 29.0. The lowest BCUT2D eigenvalue weighted by molar-refractivity contribution is 0.246. The van der Waals surface area contributed by atoms with Crippen molar-refractivity contribution >= 4 is 11.3 Å². The molecule has 2 aromatic rings. The second-order valence-corrected chi connectivity index (χ2v) is 18.3. The first-order valence-electron chi connectivity index (χ1n) is 16.4. The first kappa shape index (κ1) is 36.9. The Kier molecular flexibility index (Phi) is 15.8. The van der Waals surface area contributed by atoms with Gasteiger partial charge in [0, 0.05) is 4.88 Å². The molecule has 0 atom stereocenters. The molecule has 0 amide bonds. The number of rotatable bonds is 5. The van der Waals surface area contributed by atoms with Gasteiger partial charge in [-0.1, -0.05) is 145 Å². The monoisotopic (exact) mass is 569 g/mol. The average Bonchev–Trinajstić information content (AvgIpc) is 3.28. The molecule has 0 aliphatic heterocycles. The van der Waals surface area contributed by atoms with E-state index in [1.807, 2.05) is 11.3 Å². The Balaban J connectivity index is 0.000000270. The highest BCUT2D eigenvalue weighted by atomic mass is 32.1. The third-order valence-electron chi connectivity index (χ3n) is 7.89. The molecular weight excluding hydrogens is 500 g/mol. The molecule has 2 saturated carbocycles. The van der Waals surface area contributed by atoms with Gasteiger partial charge in [0.15, 0.2) is 0 Å². The summed E-state index contributed by atoms with van der Waals surface area (Å²) in [7, 11) is 0. The predicted octanol–water partition coefficient (Wildman–Crippen LogP) is 13.4. The van der Waals surface area contributed by atoms with Crippen molar-refractivity contribution in [3.05, 3.63) is 58.3 Å². The van der Waals surface area contributed by atoms with Crippen LogP contribution < -0.4 is 0 Å². The van der Waals surface area contributed by atoms with Crippen molar-refractivity contribution in [1.29, 1.82) is 0 Å². The Morgan fingerprint density at radius 3 is 1.48 bits per heavy atom. The lowest BCUT2D eigenvalue weighted by Crippen LogP contribution is -2.16. The van der Waals surface area contributed by atoms with E-state index >= 15 is 0 Å². The molecule has 0 unspecified atom stereocenters. The Hall–Kier alpha value is -1.08. The Bertz CT molecular complexity index is 852. The minimum atomic E-state index is 0.454. The zero-order valence-corrected chi connectivity index (χ0v) is 29.8. The van der Waals surface area contributed by atoms with Gasteiger partial charge in [-0.25, -0.2) is 0 Å². The fourth-order valence-electron chi connectivity index (χ4n) is 5.10. The number of hydrogen-bond donors (Lipinski definition) is 0. The second kappa shape index (κ2) is 17.1. The summed E-state index contributed by atoms with van der Waals surface area (Å²) in [4.78, 5) is 1.51. The molecule has 40 heavy (non-hydrogen) atoms. The average molecular weight is 569 g/mol. The van der Waals surface area contributed by atoms with Gasteiger partial charge in [0.2, 0.25) is 0 Å². The number of thiophene rings is 1. The summed E-state index contributed by atoms with van der Waals surface area (Å²) in [5, 5.41) is 2.15. The molecule has 1 heteroatoms. The van der Waals surface area contributed by atoms with E-state index in [4.69, 9.17) is 0 Å². The Morgan fingerprint density at radius 2 is 1.12 bits per heavy atom. The topological polar surface area (TPSA) is 0 Å². The highest BCUT2D eigenvalue weighted by Gasteiger charge is 2.27. The smallest absolute Gasteiger partial charge is 0.00454 e. The molecule has 2 aliphatic carbocycles. The fourth-order valence-corrected chi connectivity index (χ4v) is 5.81. The van der Waals surface area contributed by atoms with Crippen LogP contribution in [0.1, 0.15) is 151 Å². The van der Waals surface area contributed by atoms with Gasteiger partial charge in [0.25, 0.3) is 0 Å².